The lowest BCUT2D eigenvalue weighted by atomic mass is 9.75. The number of hydrogen-bond donors (Lipinski definition) is 0. The van der Waals surface area contributed by atoms with Crippen LogP contribution in [0.2, 0.25) is 0 Å². The molecule has 6 aromatic rings. The van der Waals surface area contributed by atoms with Crippen molar-refractivity contribution in [2.45, 2.75) is 38.5 Å². The molecule has 0 spiro atoms. The maximum Gasteiger partial charge on any atom is 0.0991 e. The zero-order chi connectivity index (χ0) is 26.1. The highest BCUT2D eigenvalue weighted by Crippen LogP contribution is 2.60. The Hall–Kier alpha value is -4.66. The number of nitrogens with zero attached hydrogens (tertiary/aromatic N) is 2. The molecule has 0 fully saturated rings. The molecule has 0 N–H and O–H groups in total. The molecule has 0 bridgehead atoms. The molecular formula is C36H24N2. The van der Waals surface area contributed by atoms with Crippen LogP contribution < -0.4 is 0 Å². The van der Waals surface area contributed by atoms with E-state index >= 15 is 0 Å². The number of fused-ring (bicyclic) bond motifs is 10. The molecule has 0 heterocycles. The van der Waals surface area contributed by atoms with Gasteiger partial charge in [0.05, 0.1) is 23.3 Å². The molecule has 0 aliphatic heterocycles. The molecule has 0 amide bonds. The van der Waals surface area contributed by atoms with Crippen LogP contribution in [0.1, 0.15) is 61.1 Å². The Morgan fingerprint density at radius 3 is 1.34 bits per heavy atom. The summed E-state index contributed by atoms with van der Waals surface area (Å²) in [6.45, 7) is 9.21. The summed E-state index contributed by atoms with van der Waals surface area (Å²) < 4.78 is 0. The number of nitriles is 2. The maximum atomic E-state index is 9.66. The second-order valence-corrected chi connectivity index (χ2v) is 12.0. The van der Waals surface area contributed by atoms with Crippen LogP contribution in [0.15, 0.2) is 72.8 Å². The summed E-state index contributed by atoms with van der Waals surface area (Å²) >= 11 is 0. The molecule has 2 nitrogen and oxygen atoms in total. The van der Waals surface area contributed by atoms with Gasteiger partial charge in [0, 0.05) is 10.8 Å². The summed E-state index contributed by atoms with van der Waals surface area (Å²) in [6, 6.07) is 30.6. The Bertz CT molecular complexity index is 2000. The predicted molar refractivity (Wildman–Crippen MR) is 155 cm³/mol. The van der Waals surface area contributed by atoms with Crippen LogP contribution >= 0.6 is 0 Å². The van der Waals surface area contributed by atoms with Crippen LogP contribution in [-0.4, -0.2) is 0 Å². The Labute approximate surface area is 221 Å². The quantitative estimate of drug-likeness (QED) is 0.202. The predicted octanol–water partition coefficient (Wildman–Crippen LogP) is 8.94. The number of rotatable bonds is 0. The largest absolute Gasteiger partial charge is 0.192 e. The van der Waals surface area contributed by atoms with Gasteiger partial charge in [-0.05, 0) is 101 Å². The minimum absolute atomic E-state index is 0.231. The standard InChI is InChI=1S/C36H24N2/c1-35(2)27-15-19(17-37)11-13-21(27)31-23-7-5-8-24-29(23)30-25(33(31)35)9-6-10-26(30)34-32(24)22-14-12-20(18-38)16-28(22)36(34,3)4/h5-16H,1-4H3. The molecule has 0 unspecified atom stereocenters. The molecule has 0 atom stereocenters. The van der Waals surface area contributed by atoms with E-state index in [9.17, 15) is 10.5 Å². The van der Waals surface area contributed by atoms with Gasteiger partial charge in [0.2, 0.25) is 0 Å². The normalized spacial score (nSPS) is 15.7. The van der Waals surface area contributed by atoms with E-state index in [1.54, 1.807) is 0 Å². The molecular weight excluding hydrogens is 460 g/mol. The van der Waals surface area contributed by atoms with E-state index in [0.29, 0.717) is 11.1 Å². The van der Waals surface area contributed by atoms with E-state index in [2.05, 4.69) is 100 Å². The van der Waals surface area contributed by atoms with Gasteiger partial charge in [0.1, 0.15) is 0 Å². The third-order valence-corrected chi connectivity index (χ3v) is 9.39. The fourth-order valence-corrected chi connectivity index (χ4v) is 7.84. The molecule has 6 aromatic carbocycles. The molecule has 2 heteroatoms. The summed E-state index contributed by atoms with van der Waals surface area (Å²) in [4.78, 5) is 0. The van der Waals surface area contributed by atoms with E-state index in [-0.39, 0.29) is 10.8 Å². The van der Waals surface area contributed by atoms with Crippen molar-refractivity contribution >= 4 is 32.3 Å². The van der Waals surface area contributed by atoms with Crippen molar-refractivity contribution in [1.29, 1.82) is 10.5 Å². The summed E-state index contributed by atoms with van der Waals surface area (Å²) in [7, 11) is 0. The Balaban J connectivity index is 1.64. The van der Waals surface area contributed by atoms with Gasteiger partial charge in [0.25, 0.3) is 0 Å². The monoisotopic (exact) mass is 484 g/mol. The summed E-state index contributed by atoms with van der Waals surface area (Å²) in [5.41, 5.74) is 11.2. The smallest absolute Gasteiger partial charge is 0.0991 e. The second kappa shape index (κ2) is 6.61. The highest BCUT2D eigenvalue weighted by molar-refractivity contribution is 6.32. The molecule has 2 aliphatic rings. The third-order valence-electron chi connectivity index (χ3n) is 9.39. The number of benzene rings is 6. The van der Waals surface area contributed by atoms with Gasteiger partial charge in [-0.2, -0.15) is 10.5 Å². The van der Waals surface area contributed by atoms with Gasteiger partial charge in [-0.15, -0.1) is 0 Å². The van der Waals surface area contributed by atoms with E-state index in [4.69, 9.17) is 0 Å². The lowest BCUT2D eigenvalue weighted by Gasteiger charge is -2.28. The first-order valence-corrected chi connectivity index (χ1v) is 13.2. The molecule has 2 aliphatic carbocycles. The molecule has 178 valence electrons. The van der Waals surface area contributed by atoms with Gasteiger partial charge in [-0.25, -0.2) is 0 Å². The van der Waals surface area contributed by atoms with Crippen LogP contribution in [-0.2, 0) is 10.8 Å². The van der Waals surface area contributed by atoms with Crippen LogP contribution in [0.3, 0.4) is 0 Å². The zero-order valence-electron chi connectivity index (χ0n) is 21.8. The van der Waals surface area contributed by atoms with Gasteiger partial charge < -0.3 is 0 Å². The maximum absolute atomic E-state index is 9.66. The van der Waals surface area contributed by atoms with Crippen molar-refractivity contribution < 1.29 is 0 Å². The van der Waals surface area contributed by atoms with Crippen molar-refractivity contribution in [2.24, 2.45) is 0 Å². The third kappa shape index (κ3) is 2.25. The average Bonchev–Trinajstić information content (AvgIpc) is 3.32. The number of hydrogen-bond acceptors (Lipinski definition) is 2. The van der Waals surface area contributed by atoms with Crippen LogP contribution in [0, 0.1) is 22.7 Å². The first-order valence-electron chi connectivity index (χ1n) is 13.2. The van der Waals surface area contributed by atoms with E-state index in [0.717, 1.165) is 0 Å². The minimum atomic E-state index is -0.231. The van der Waals surface area contributed by atoms with Gasteiger partial charge in [-0.1, -0.05) is 76.2 Å². The fourth-order valence-electron chi connectivity index (χ4n) is 7.84. The minimum Gasteiger partial charge on any atom is -0.192 e. The Kier molecular flexibility index (Phi) is 3.73. The Morgan fingerprint density at radius 1 is 0.526 bits per heavy atom. The van der Waals surface area contributed by atoms with Gasteiger partial charge in [-0.3, -0.25) is 0 Å². The summed E-state index contributed by atoms with van der Waals surface area (Å²) in [6.07, 6.45) is 0. The van der Waals surface area contributed by atoms with Gasteiger partial charge >= 0.3 is 0 Å². The van der Waals surface area contributed by atoms with E-state index in [1.165, 1.54) is 76.8 Å². The highest BCUT2D eigenvalue weighted by Gasteiger charge is 2.42. The Morgan fingerprint density at radius 2 is 0.921 bits per heavy atom. The topological polar surface area (TPSA) is 47.6 Å². The average molecular weight is 485 g/mol. The fraction of sp³-hybridized carbons (Fsp3) is 0.167. The van der Waals surface area contributed by atoms with E-state index in [1.807, 2.05) is 12.1 Å². The summed E-state index contributed by atoms with van der Waals surface area (Å²) in [5, 5.41) is 27.1. The summed E-state index contributed by atoms with van der Waals surface area (Å²) in [5.74, 6) is 0. The lowest BCUT2D eigenvalue weighted by molar-refractivity contribution is 0.665. The molecule has 0 saturated carbocycles. The van der Waals surface area contributed by atoms with Crippen molar-refractivity contribution in [3.63, 3.8) is 0 Å². The van der Waals surface area contributed by atoms with E-state index < -0.39 is 0 Å². The first-order chi connectivity index (χ1) is 18.3. The van der Waals surface area contributed by atoms with Crippen LogP contribution in [0.25, 0.3) is 54.6 Å². The van der Waals surface area contributed by atoms with Gasteiger partial charge in [0.15, 0.2) is 0 Å². The second-order valence-electron chi connectivity index (χ2n) is 12.0. The highest BCUT2D eigenvalue weighted by atomic mass is 14.5. The van der Waals surface area contributed by atoms with Crippen LogP contribution in [0.4, 0.5) is 0 Å². The molecule has 8 rings (SSSR count). The first kappa shape index (κ1) is 21.4. The molecule has 0 radical (unpaired) electrons. The van der Waals surface area contributed by atoms with Crippen molar-refractivity contribution in [2.75, 3.05) is 0 Å². The molecule has 38 heavy (non-hydrogen) atoms. The van der Waals surface area contributed by atoms with Crippen molar-refractivity contribution in [3.8, 4) is 34.4 Å². The molecule has 0 aromatic heterocycles. The molecule has 0 saturated heterocycles. The van der Waals surface area contributed by atoms with Crippen LogP contribution in [0.5, 0.6) is 0 Å². The SMILES string of the molecule is CC1(C)c2cc(C#N)ccc2-c2c1c1cccc3c4c(c5cccc2c5c13)-c1ccc(C#N)cc1C4(C)C. The van der Waals surface area contributed by atoms with Crippen molar-refractivity contribution in [3.05, 3.63) is 106 Å². The zero-order valence-corrected chi connectivity index (χ0v) is 21.8. The lowest BCUT2D eigenvalue weighted by Crippen LogP contribution is -2.17. The van der Waals surface area contributed by atoms with Crippen molar-refractivity contribution in [1.82, 2.24) is 0 Å².